The largest absolute Gasteiger partial charge is 0.324 e. The summed E-state index contributed by atoms with van der Waals surface area (Å²) in [6, 6.07) is 19.7. The second kappa shape index (κ2) is 6.31. The maximum Gasteiger partial charge on any atom is 0.139 e. The normalized spacial score (nSPS) is 12.4. The van der Waals surface area contributed by atoms with Gasteiger partial charge in [-0.05, 0) is 42.8 Å². The molecule has 4 rings (SSSR count). The van der Waals surface area contributed by atoms with E-state index >= 15 is 0 Å². The summed E-state index contributed by atoms with van der Waals surface area (Å²) >= 11 is 6.31. The molecule has 0 aliphatic rings. The van der Waals surface area contributed by atoms with Gasteiger partial charge in [0.2, 0.25) is 0 Å². The summed E-state index contributed by atoms with van der Waals surface area (Å²) in [6.45, 7) is 1.97. The van der Waals surface area contributed by atoms with Crippen molar-refractivity contribution >= 4 is 22.6 Å². The molecule has 25 heavy (non-hydrogen) atoms. The van der Waals surface area contributed by atoms with Crippen molar-refractivity contribution in [3.8, 4) is 17.1 Å². The van der Waals surface area contributed by atoms with E-state index in [0.717, 1.165) is 33.7 Å². The predicted octanol–water partition coefficient (Wildman–Crippen LogP) is 4.76. The Labute approximate surface area is 150 Å². The van der Waals surface area contributed by atoms with Gasteiger partial charge >= 0.3 is 0 Å². The maximum absolute atomic E-state index is 6.31. The quantitative estimate of drug-likeness (QED) is 0.580. The van der Waals surface area contributed by atoms with Crippen LogP contribution in [-0.2, 0) is 0 Å². The molecule has 2 aromatic carbocycles. The molecule has 2 aromatic heterocycles. The molecule has 4 aromatic rings. The minimum absolute atomic E-state index is 0.0174. The summed E-state index contributed by atoms with van der Waals surface area (Å²) in [7, 11) is 0. The molecule has 0 radical (unpaired) electrons. The van der Waals surface area contributed by atoms with Crippen LogP contribution >= 0.6 is 11.6 Å². The van der Waals surface area contributed by atoms with Crippen LogP contribution in [0.4, 0.5) is 0 Å². The zero-order valence-electron chi connectivity index (χ0n) is 13.7. The van der Waals surface area contributed by atoms with Gasteiger partial charge in [0.15, 0.2) is 0 Å². The van der Waals surface area contributed by atoms with E-state index in [1.54, 1.807) is 6.33 Å². The third kappa shape index (κ3) is 2.90. The zero-order chi connectivity index (χ0) is 17.4. The van der Waals surface area contributed by atoms with Crippen LogP contribution in [0.2, 0.25) is 5.02 Å². The van der Waals surface area contributed by atoms with Gasteiger partial charge in [0, 0.05) is 16.6 Å². The number of benzene rings is 2. The number of halogens is 1. The molecule has 0 saturated heterocycles. The number of pyridine rings is 1. The first-order chi connectivity index (χ1) is 12.1. The molecule has 1 unspecified atom stereocenters. The smallest absolute Gasteiger partial charge is 0.139 e. The molecule has 0 saturated carbocycles. The Morgan fingerprint density at radius 2 is 1.88 bits per heavy atom. The third-order valence-corrected chi connectivity index (χ3v) is 4.56. The topological polar surface area (TPSA) is 56.7 Å². The average molecular weight is 349 g/mol. The molecule has 0 fully saturated rings. The van der Waals surface area contributed by atoms with Gasteiger partial charge in [0.1, 0.15) is 12.1 Å². The number of hydrogen-bond acceptors (Lipinski definition) is 3. The summed E-state index contributed by atoms with van der Waals surface area (Å²) in [5.74, 6) is 0.800. The van der Waals surface area contributed by atoms with Crippen molar-refractivity contribution in [3.05, 3.63) is 77.6 Å². The van der Waals surface area contributed by atoms with Gasteiger partial charge in [-0.15, -0.1) is 0 Å². The first-order valence-electron chi connectivity index (χ1n) is 8.08. The summed E-state index contributed by atoms with van der Waals surface area (Å²) in [5, 5.41) is 0.684. The molecule has 1 atom stereocenters. The van der Waals surface area contributed by atoms with Gasteiger partial charge in [-0.1, -0.05) is 41.9 Å². The molecule has 2 N–H and O–H groups in total. The minimum atomic E-state index is -0.0174. The number of aromatic nitrogens is 3. The number of imidazole rings is 1. The van der Waals surface area contributed by atoms with Crippen LogP contribution in [0.25, 0.3) is 28.1 Å². The highest BCUT2D eigenvalue weighted by Gasteiger charge is 2.10. The van der Waals surface area contributed by atoms with E-state index < -0.39 is 0 Å². The van der Waals surface area contributed by atoms with Crippen molar-refractivity contribution in [2.75, 3.05) is 0 Å². The van der Waals surface area contributed by atoms with E-state index in [-0.39, 0.29) is 6.04 Å². The number of fused-ring (bicyclic) bond motifs is 1. The Morgan fingerprint density at radius 3 is 2.68 bits per heavy atom. The van der Waals surface area contributed by atoms with E-state index in [1.807, 2.05) is 72.2 Å². The summed E-state index contributed by atoms with van der Waals surface area (Å²) < 4.78 is 1.97. The lowest BCUT2D eigenvalue weighted by molar-refractivity contribution is 0.819. The van der Waals surface area contributed by atoms with Crippen LogP contribution in [0.15, 0.2) is 67.0 Å². The standard InChI is InChI=1S/C20H17ClN4/c1-13(22)14-9-10-19-18(11-14)23-12-25(19)20-8-4-7-17(24-20)15-5-2-3-6-16(15)21/h2-13H,22H2,1H3. The summed E-state index contributed by atoms with van der Waals surface area (Å²) in [5.41, 5.74) is 10.7. The average Bonchev–Trinajstić information content (AvgIpc) is 3.05. The van der Waals surface area contributed by atoms with Gasteiger partial charge in [-0.25, -0.2) is 9.97 Å². The second-order valence-corrected chi connectivity index (χ2v) is 6.42. The lowest BCUT2D eigenvalue weighted by Crippen LogP contribution is -2.04. The Hall–Kier alpha value is -2.69. The van der Waals surface area contributed by atoms with Crippen molar-refractivity contribution in [1.29, 1.82) is 0 Å². The van der Waals surface area contributed by atoms with Crippen LogP contribution in [0.5, 0.6) is 0 Å². The monoisotopic (exact) mass is 348 g/mol. The molecule has 2 heterocycles. The molecular weight excluding hydrogens is 332 g/mol. The molecule has 0 aliphatic carbocycles. The summed E-state index contributed by atoms with van der Waals surface area (Å²) in [6.07, 6.45) is 1.79. The predicted molar refractivity (Wildman–Crippen MR) is 102 cm³/mol. The molecule has 0 amide bonds. The molecule has 0 spiro atoms. The maximum atomic E-state index is 6.31. The third-order valence-electron chi connectivity index (χ3n) is 4.23. The lowest BCUT2D eigenvalue weighted by Gasteiger charge is -2.09. The number of hydrogen-bond donors (Lipinski definition) is 1. The Kier molecular flexibility index (Phi) is 3.99. The zero-order valence-corrected chi connectivity index (χ0v) is 14.5. The highest BCUT2D eigenvalue weighted by molar-refractivity contribution is 6.33. The van der Waals surface area contributed by atoms with Crippen molar-refractivity contribution in [3.63, 3.8) is 0 Å². The first kappa shape index (κ1) is 15.8. The first-order valence-corrected chi connectivity index (χ1v) is 8.46. The van der Waals surface area contributed by atoms with E-state index in [9.17, 15) is 0 Å². The molecule has 0 bridgehead atoms. The minimum Gasteiger partial charge on any atom is -0.324 e. The SMILES string of the molecule is CC(N)c1ccc2c(c1)ncn2-c1cccc(-c2ccccc2Cl)n1. The number of rotatable bonds is 3. The van der Waals surface area contributed by atoms with Crippen LogP contribution in [0, 0.1) is 0 Å². The molecule has 4 nitrogen and oxygen atoms in total. The Bertz CT molecular complexity index is 1050. The Morgan fingerprint density at radius 1 is 1.04 bits per heavy atom. The molecule has 5 heteroatoms. The summed E-state index contributed by atoms with van der Waals surface area (Å²) in [4.78, 5) is 9.27. The van der Waals surface area contributed by atoms with Crippen LogP contribution in [-0.4, -0.2) is 14.5 Å². The van der Waals surface area contributed by atoms with E-state index in [4.69, 9.17) is 22.3 Å². The molecular formula is C20H17ClN4. The Balaban J connectivity index is 1.82. The van der Waals surface area contributed by atoms with Gasteiger partial charge in [0.25, 0.3) is 0 Å². The number of nitrogens with two attached hydrogens (primary N) is 1. The fourth-order valence-corrected chi connectivity index (χ4v) is 3.10. The fourth-order valence-electron chi connectivity index (χ4n) is 2.87. The van der Waals surface area contributed by atoms with Crippen molar-refractivity contribution in [1.82, 2.24) is 14.5 Å². The van der Waals surface area contributed by atoms with E-state index in [0.29, 0.717) is 5.02 Å². The van der Waals surface area contributed by atoms with Gasteiger partial charge in [0.05, 0.1) is 16.7 Å². The fraction of sp³-hybridized carbons (Fsp3) is 0.100. The van der Waals surface area contributed by atoms with Crippen LogP contribution < -0.4 is 5.73 Å². The van der Waals surface area contributed by atoms with Crippen LogP contribution in [0.1, 0.15) is 18.5 Å². The van der Waals surface area contributed by atoms with Crippen molar-refractivity contribution in [2.24, 2.45) is 5.73 Å². The highest BCUT2D eigenvalue weighted by Crippen LogP contribution is 2.27. The van der Waals surface area contributed by atoms with Crippen molar-refractivity contribution < 1.29 is 0 Å². The van der Waals surface area contributed by atoms with Gasteiger partial charge < -0.3 is 5.73 Å². The molecule has 124 valence electrons. The lowest BCUT2D eigenvalue weighted by atomic mass is 10.1. The molecule has 0 aliphatic heterocycles. The number of nitrogens with zero attached hydrogens (tertiary/aromatic N) is 3. The van der Waals surface area contributed by atoms with Crippen LogP contribution in [0.3, 0.4) is 0 Å². The van der Waals surface area contributed by atoms with E-state index in [2.05, 4.69) is 4.98 Å². The highest BCUT2D eigenvalue weighted by atomic mass is 35.5. The van der Waals surface area contributed by atoms with Gasteiger partial charge in [-0.3, -0.25) is 4.57 Å². The van der Waals surface area contributed by atoms with Gasteiger partial charge in [-0.2, -0.15) is 0 Å². The van der Waals surface area contributed by atoms with Crippen molar-refractivity contribution in [2.45, 2.75) is 13.0 Å². The second-order valence-electron chi connectivity index (χ2n) is 6.01. The van der Waals surface area contributed by atoms with E-state index in [1.165, 1.54) is 0 Å².